The van der Waals surface area contributed by atoms with Crippen molar-refractivity contribution < 1.29 is 18.2 Å². The second-order valence-corrected chi connectivity index (χ2v) is 10.4. The molecule has 4 N–H and O–H groups in total. The van der Waals surface area contributed by atoms with Gasteiger partial charge in [0.25, 0.3) is 0 Å². The first-order valence-corrected chi connectivity index (χ1v) is 13.7. The predicted molar refractivity (Wildman–Crippen MR) is 146 cm³/mol. The summed E-state index contributed by atoms with van der Waals surface area (Å²) in [5.74, 6) is 1.31. The molecular weight excluding hydrogens is 506 g/mol. The Bertz CT molecular complexity index is 1450. The maximum absolute atomic E-state index is 11.2. The van der Waals surface area contributed by atoms with Crippen molar-refractivity contribution >= 4 is 33.8 Å². The van der Waals surface area contributed by atoms with E-state index in [1.807, 2.05) is 18.2 Å². The number of nitrogens with zero attached hydrogens (tertiary/aromatic N) is 5. The fraction of sp³-hybridized carbons (Fsp3) is 0.346. The molecule has 2 fully saturated rings. The van der Waals surface area contributed by atoms with Crippen molar-refractivity contribution in [1.29, 1.82) is 0 Å². The average molecular weight is 536 g/mol. The summed E-state index contributed by atoms with van der Waals surface area (Å²) < 4.78 is 33.6. The number of nitrogens with one attached hydrogen (secondary N) is 1. The quantitative estimate of drug-likeness (QED) is 0.251. The van der Waals surface area contributed by atoms with Crippen molar-refractivity contribution in [2.24, 2.45) is 0 Å². The number of imidazole rings is 1. The van der Waals surface area contributed by atoms with Gasteiger partial charge >= 0.3 is 0 Å². The van der Waals surface area contributed by atoms with Gasteiger partial charge < -0.3 is 25.1 Å². The van der Waals surface area contributed by atoms with E-state index in [9.17, 15) is 8.76 Å². The Labute approximate surface area is 222 Å². The van der Waals surface area contributed by atoms with E-state index in [0.717, 1.165) is 48.8 Å². The normalized spacial score (nSPS) is 18.1. The molecule has 4 heterocycles. The van der Waals surface area contributed by atoms with Gasteiger partial charge in [-0.3, -0.25) is 4.55 Å². The molecule has 12 heteroatoms. The molecule has 1 unspecified atom stereocenters. The van der Waals surface area contributed by atoms with E-state index in [1.54, 1.807) is 0 Å². The highest BCUT2D eigenvalue weighted by Crippen LogP contribution is 2.33. The second kappa shape index (κ2) is 10.7. The van der Waals surface area contributed by atoms with Crippen LogP contribution in [0, 0.1) is 0 Å². The number of benzene rings is 2. The molecule has 2 saturated heterocycles. The Morgan fingerprint density at radius 3 is 2.47 bits per heavy atom. The van der Waals surface area contributed by atoms with Crippen LogP contribution in [0.3, 0.4) is 0 Å². The number of nitrogen functional groups attached to an aromatic ring is 1. The third kappa shape index (κ3) is 5.07. The number of aromatic nitrogens is 4. The van der Waals surface area contributed by atoms with Crippen molar-refractivity contribution in [3.63, 3.8) is 0 Å². The van der Waals surface area contributed by atoms with Crippen LogP contribution in [0.1, 0.15) is 12.8 Å². The molecule has 0 aliphatic carbocycles. The number of anilines is 2. The fourth-order valence-electron chi connectivity index (χ4n) is 4.92. The van der Waals surface area contributed by atoms with Gasteiger partial charge in [-0.25, -0.2) is 23.5 Å². The Morgan fingerprint density at radius 2 is 1.76 bits per heavy atom. The predicted octanol–water partition coefficient (Wildman–Crippen LogP) is 3.09. The number of aromatic amines is 1. The van der Waals surface area contributed by atoms with Crippen LogP contribution in [0.4, 0.5) is 11.4 Å². The molecule has 38 heavy (non-hydrogen) atoms. The largest absolute Gasteiger partial charge is 0.488 e. The number of morpholine rings is 1. The summed E-state index contributed by atoms with van der Waals surface area (Å²) >= 11 is -1.94. The zero-order valence-electron chi connectivity index (χ0n) is 20.7. The summed E-state index contributed by atoms with van der Waals surface area (Å²) in [7, 11) is 0. The van der Waals surface area contributed by atoms with E-state index < -0.39 is 11.3 Å². The molecule has 2 aromatic heterocycles. The number of hydrogen-bond donors (Lipinski definition) is 3. The minimum Gasteiger partial charge on any atom is -0.488 e. The molecule has 11 nitrogen and oxygen atoms in total. The monoisotopic (exact) mass is 535 g/mol. The summed E-state index contributed by atoms with van der Waals surface area (Å²) in [6, 6.07) is 13.9. The molecule has 0 radical (unpaired) electrons. The molecule has 6 rings (SSSR count). The van der Waals surface area contributed by atoms with E-state index in [4.69, 9.17) is 20.2 Å². The number of nitrogens with two attached hydrogens (primary N) is 1. The Morgan fingerprint density at radius 1 is 1.03 bits per heavy atom. The third-order valence-corrected chi connectivity index (χ3v) is 7.81. The Kier molecular flexibility index (Phi) is 6.94. The van der Waals surface area contributed by atoms with Crippen molar-refractivity contribution in [3.8, 4) is 28.4 Å². The van der Waals surface area contributed by atoms with Gasteiger partial charge in [-0.15, -0.1) is 0 Å². The van der Waals surface area contributed by atoms with Gasteiger partial charge in [0.15, 0.2) is 5.65 Å². The number of fused-ring (bicyclic) bond motifs is 1. The van der Waals surface area contributed by atoms with E-state index in [0.29, 0.717) is 48.7 Å². The van der Waals surface area contributed by atoms with Gasteiger partial charge in [0.05, 0.1) is 24.6 Å². The van der Waals surface area contributed by atoms with Crippen LogP contribution in [-0.4, -0.2) is 78.5 Å². The van der Waals surface area contributed by atoms with Gasteiger partial charge in [-0.05, 0) is 55.3 Å². The van der Waals surface area contributed by atoms with Gasteiger partial charge in [0.2, 0.25) is 11.3 Å². The van der Waals surface area contributed by atoms with E-state index in [1.165, 1.54) is 16.3 Å². The number of H-pyrrole nitrogens is 1. The zero-order valence-corrected chi connectivity index (χ0v) is 21.6. The summed E-state index contributed by atoms with van der Waals surface area (Å²) in [6.07, 6.45) is 2.76. The van der Waals surface area contributed by atoms with E-state index in [-0.39, 0.29) is 6.10 Å². The van der Waals surface area contributed by atoms with Crippen LogP contribution in [0.15, 0.2) is 48.8 Å². The van der Waals surface area contributed by atoms with Gasteiger partial charge in [-0.1, -0.05) is 0 Å². The van der Waals surface area contributed by atoms with Crippen LogP contribution in [0.5, 0.6) is 5.75 Å². The van der Waals surface area contributed by atoms with Crippen molar-refractivity contribution in [2.75, 3.05) is 50.0 Å². The van der Waals surface area contributed by atoms with Gasteiger partial charge in [-0.2, -0.15) is 0 Å². The van der Waals surface area contributed by atoms with Crippen LogP contribution < -0.4 is 15.4 Å². The SMILES string of the molecule is Nc1cc(-c2ncnc3nc(-c4ccc(N5CCOCC5)cc4)[nH]c23)ccc1OC1CCN(S(=O)O)CC1. The lowest BCUT2D eigenvalue weighted by atomic mass is 10.1. The first-order chi connectivity index (χ1) is 18.5. The lowest BCUT2D eigenvalue weighted by Gasteiger charge is -2.29. The summed E-state index contributed by atoms with van der Waals surface area (Å²) in [5.41, 5.74) is 11.8. The standard InChI is InChI=1S/C26H29N7O4S/c27-21-15-18(3-6-22(21)37-20-7-9-33(10-8-20)38(34)35)23-24-26(29-16-28-23)31-25(30-24)17-1-4-19(5-2-17)32-11-13-36-14-12-32/h1-6,15-16,20H,7-14,27H2,(H,34,35)(H,28,29,30,31). The maximum Gasteiger partial charge on any atom is 0.234 e. The highest BCUT2D eigenvalue weighted by atomic mass is 32.2. The average Bonchev–Trinajstić information content (AvgIpc) is 3.40. The van der Waals surface area contributed by atoms with Gasteiger partial charge in [0, 0.05) is 43.0 Å². The smallest absolute Gasteiger partial charge is 0.234 e. The topological polar surface area (TPSA) is 143 Å². The molecular formula is C26H29N7O4S. The molecule has 2 aliphatic rings. The van der Waals surface area contributed by atoms with Crippen LogP contribution >= 0.6 is 0 Å². The lowest BCUT2D eigenvalue weighted by Crippen LogP contribution is -2.39. The maximum atomic E-state index is 11.2. The number of ether oxygens (including phenoxy) is 2. The van der Waals surface area contributed by atoms with Crippen molar-refractivity contribution in [1.82, 2.24) is 24.2 Å². The van der Waals surface area contributed by atoms with Crippen LogP contribution in [0.2, 0.25) is 0 Å². The third-order valence-electron chi connectivity index (χ3n) is 7.00. The number of rotatable bonds is 6. The minimum atomic E-state index is -1.94. The molecule has 0 saturated carbocycles. The molecule has 1 atom stereocenters. The molecule has 198 valence electrons. The zero-order chi connectivity index (χ0) is 26.1. The fourth-order valence-corrected chi connectivity index (χ4v) is 5.45. The first kappa shape index (κ1) is 24.7. The van der Waals surface area contributed by atoms with Crippen molar-refractivity contribution in [2.45, 2.75) is 18.9 Å². The molecule has 4 aromatic rings. The lowest BCUT2D eigenvalue weighted by molar-refractivity contribution is 0.122. The summed E-state index contributed by atoms with van der Waals surface area (Å²) in [4.78, 5) is 19.3. The molecule has 0 spiro atoms. The van der Waals surface area contributed by atoms with Crippen LogP contribution in [0.25, 0.3) is 33.8 Å². The number of hydrogen-bond acceptors (Lipinski definition) is 8. The van der Waals surface area contributed by atoms with Crippen molar-refractivity contribution in [3.05, 3.63) is 48.8 Å². The molecule has 2 aromatic carbocycles. The second-order valence-electron chi connectivity index (χ2n) is 9.38. The summed E-state index contributed by atoms with van der Waals surface area (Å²) in [6.45, 7) is 4.28. The Hall–Kier alpha value is -3.58. The first-order valence-electron chi connectivity index (χ1n) is 12.6. The van der Waals surface area contributed by atoms with Crippen LogP contribution in [-0.2, 0) is 16.0 Å². The molecule has 2 aliphatic heterocycles. The van der Waals surface area contributed by atoms with Gasteiger partial charge in [0.1, 0.15) is 29.5 Å². The highest BCUT2D eigenvalue weighted by Gasteiger charge is 2.24. The molecule has 0 amide bonds. The minimum absolute atomic E-state index is 0.0569. The highest BCUT2D eigenvalue weighted by molar-refractivity contribution is 7.76. The van der Waals surface area contributed by atoms with E-state index >= 15 is 0 Å². The Balaban J connectivity index is 1.21. The molecule has 0 bridgehead atoms. The van der Waals surface area contributed by atoms with E-state index in [2.05, 4.69) is 44.1 Å². The summed E-state index contributed by atoms with van der Waals surface area (Å²) in [5, 5.41) is 0. The number of piperidine rings is 1.